The molecule has 0 amide bonds. The smallest absolute Gasteiger partial charge is 0.336 e. The largest absolute Gasteiger partial charge is 0.497 e. The van der Waals surface area contributed by atoms with E-state index in [0.717, 1.165) is 4.90 Å². The Morgan fingerprint density at radius 1 is 1.56 bits per heavy atom. The Hall–Kier alpha value is -1.20. The molecule has 0 unspecified atom stereocenters. The molecule has 0 radical (unpaired) electrons. The average Bonchev–Trinajstić information content (AvgIpc) is 2.22. The molecule has 86 valence electrons. The summed E-state index contributed by atoms with van der Waals surface area (Å²) >= 11 is 1.53. The highest BCUT2D eigenvalue weighted by Gasteiger charge is 2.22. The summed E-state index contributed by atoms with van der Waals surface area (Å²) < 4.78 is 10.1. The van der Waals surface area contributed by atoms with Gasteiger partial charge in [0, 0.05) is 4.90 Å². The number of hydrogen-bond donors (Lipinski definition) is 1. The van der Waals surface area contributed by atoms with E-state index in [0.29, 0.717) is 29.8 Å². The molecule has 1 aromatic rings. The molecule has 1 N–H and O–H groups in total. The Morgan fingerprint density at radius 2 is 2.31 bits per heavy atom. The van der Waals surface area contributed by atoms with Crippen LogP contribution in [0.25, 0.3) is 0 Å². The first-order valence-corrected chi connectivity index (χ1v) is 5.74. The summed E-state index contributed by atoms with van der Waals surface area (Å²) in [7, 11) is 1.57. The third-order valence-electron chi connectivity index (χ3n) is 2.32. The molecule has 1 aromatic carbocycles. The van der Waals surface area contributed by atoms with E-state index in [2.05, 4.69) is 0 Å². The molecule has 0 saturated carbocycles. The number of benzene rings is 1. The normalized spacial score (nSPS) is 15.6. The molecular weight excluding hydrogens is 228 g/mol. The Bertz CT molecular complexity index is 401. The minimum Gasteiger partial charge on any atom is -0.497 e. The lowest BCUT2D eigenvalue weighted by molar-refractivity contribution is 0.0454. The molecule has 0 spiro atoms. The van der Waals surface area contributed by atoms with Gasteiger partial charge in [0.15, 0.2) is 0 Å². The number of carboxylic acids is 1. The van der Waals surface area contributed by atoms with Crippen LogP contribution in [-0.2, 0) is 4.74 Å². The number of ether oxygens (including phenoxy) is 2. The Labute approximate surface area is 97.6 Å². The minimum atomic E-state index is -0.912. The zero-order chi connectivity index (χ0) is 11.5. The highest BCUT2D eigenvalue weighted by atomic mass is 32.2. The first-order chi connectivity index (χ1) is 7.70. The van der Waals surface area contributed by atoms with Crippen molar-refractivity contribution >= 4 is 17.7 Å². The van der Waals surface area contributed by atoms with E-state index < -0.39 is 5.97 Å². The molecule has 0 aromatic heterocycles. The van der Waals surface area contributed by atoms with Crippen molar-refractivity contribution in [2.24, 2.45) is 0 Å². The van der Waals surface area contributed by atoms with Crippen molar-refractivity contribution in [2.45, 2.75) is 10.1 Å². The molecule has 1 fully saturated rings. The Balaban J connectivity index is 2.25. The Kier molecular flexibility index (Phi) is 3.36. The van der Waals surface area contributed by atoms with Gasteiger partial charge in [-0.25, -0.2) is 4.79 Å². The maximum absolute atomic E-state index is 11.0. The summed E-state index contributed by atoms with van der Waals surface area (Å²) in [5.41, 5.74) is 0.317. The first-order valence-electron chi connectivity index (χ1n) is 4.86. The molecule has 5 heteroatoms. The van der Waals surface area contributed by atoms with Crippen LogP contribution >= 0.6 is 11.8 Å². The van der Waals surface area contributed by atoms with Crippen molar-refractivity contribution in [2.75, 3.05) is 20.3 Å². The second kappa shape index (κ2) is 4.76. The standard InChI is InChI=1S/C11H12O4S/c1-14-7-2-3-9(11(12)13)10(4-7)16-8-5-15-6-8/h2-4,8H,5-6H2,1H3,(H,12,13). The van der Waals surface area contributed by atoms with Gasteiger partial charge in [-0.05, 0) is 18.2 Å². The monoisotopic (exact) mass is 240 g/mol. The summed E-state index contributed by atoms with van der Waals surface area (Å²) in [6, 6.07) is 4.99. The lowest BCUT2D eigenvalue weighted by Crippen LogP contribution is -2.30. The van der Waals surface area contributed by atoms with E-state index in [4.69, 9.17) is 14.6 Å². The molecule has 0 atom stereocenters. The molecule has 1 aliphatic rings. The van der Waals surface area contributed by atoms with Crippen molar-refractivity contribution in [3.8, 4) is 5.75 Å². The van der Waals surface area contributed by atoms with Gasteiger partial charge < -0.3 is 14.6 Å². The summed E-state index contributed by atoms with van der Waals surface area (Å²) in [5.74, 6) is -0.238. The lowest BCUT2D eigenvalue weighted by Gasteiger charge is -2.25. The Morgan fingerprint density at radius 3 is 2.81 bits per heavy atom. The van der Waals surface area contributed by atoms with Crippen LogP contribution in [0.1, 0.15) is 10.4 Å². The van der Waals surface area contributed by atoms with Gasteiger partial charge in [-0.15, -0.1) is 11.8 Å². The molecule has 0 aliphatic carbocycles. The third-order valence-corrected chi connectivity index (χ3v) is 3.52. The number of hydrogen-bond acceptors (Lipinski definition) is 4. The fraction of sp³-hybridized carbons (Fsp3) is 0.364. The van der Waals surface area contributed by atoms with E-state index in [-0.39, 0.29) is 0 Å². The number of rotatable bonds is 4. The second-order valence-electron chi connectivity index (χ2n) is 3.44. The van der Waals surface area contributed by atoms with E-state index in [1.165, 1.54) is 11.8 Å². The molecule has 1 saturated heterocycles. The van der Waals surface area contributed by atoms with Crippen molar-refractivity contribution in [3.05, 3.63) is 23.8 Å². The van der Waals surface area contributed by atoms with Gasteiger partial charge in [0.05, 0.1) is 31.1 Å². The SMILES string of the molecule is COc1ccc(C(=O)O)c(SC2COC2)c1. The minimum absolute atomic E-state index is 0.317. The van der Waals surface area contributed by atoms with Crippen LogP contribution in [-0.4, -0.2) is 36.6 Å². The van der Waals surface area contributed by atoms with Crippen LogP contribution in [0, 0.1) is 0 Å². The molecule has 1 heterocycles. The fourth-order valence-electron chi connectivity index (χ4n) is 1.37. The van der Waals surface area contributed by atoms with Gasteiger partial charge in [0.1, 0.15) is 5.75 Å². The summed E-state index contributed by atoms with van der Waals surface area (Å²) in [6.45, 7) is 1.36. The van der Waals surface area contributed by atoms with Crippen molar-refractivity contribution in [1.82, 2.24) is 0 Å². The highest BCUT2D eigenvalue weighted by molar-refractivity contribution is 8.00. The number of methoxy groups -OCH3 is 1. The molecule has 4 nitrogen and oxygen atoms in total. The molecule has 1 aliphatic heterocycles. The summed E-state index contributed by atoms with van der Waals surface area (Å²) in [4.78, 5) is 11.8. The molecule has 0 bridgehead atoms. The topological polar surface area (TPSA) is 55.8 Å². The van der Waals surface area contributed by atoms with Gasteiger partial charge >= 0.3 is 5.97 Å². The predicted octanol–water partition coefficient (Wildman–Crippen LogP) is 1.88. The zero-order valence-electron chi connectivity index (χ0n) is 8.80. The average molecular weight is 240 g/mol. The predicted molar refractivity (Wildman–Crippen MR) is 60.4 cm³/mol. The van der Waals surface area contributed by atoms with Gasteiger partial charge in [-0.2, -0.15) is 0 Å². The number of carbonyl (C=O) groups is 1. The van der Waals surface area contributed by atoms with Crippen molar-refractivity contribution in [3.63, 3.8) is 0 Å². The van der Waals surface area contributed by atoms with E-state index in [1.807, 2.05) is 0 Å². The maximum Gasteiger partial charge on any atom is 0.336 e. The zero-order valence-corrected chi connectivity index (χ0v) is 9.62. The second-order valence-corrected chi connectivity index (χ2v) is 4.79. The van der Waals surface area contributed by atoms with Crippen LogP contribution in [0.2, 0.25) is 0 Å². The van der Waals surface area contributed by atoms with Crippen LogP contribution in [0.5, 0.6) is 5.75 Å². The van der Waals surface area contributed by atoms with Gasteiger partial charge in [-0.1, -0.05) is 0 Å². The summed E-state index contributed by atoms with van der Waals surface area (Å²) in [6.07, 6.45) is 0. The van der Waals surface area contributed by atoms with E-state index in [1.54, 1.807) is 25.3 Å². The van der Waals surface area contributed by atoms with Crippen LogP contribution in [0.3, 0.4) is 0 Å². The number of thioether (sulfide) groups is 1. The van der Waals surface area contributed by atoms with Gasteiger partial charge in [0.2, 0.25) is 0 Å². The van der Waals surface area contributed by atoms with Gasteiger partial charge in [0.25, 0.3) is 0 Å². The van der Waals surface area contributed by atoms with Crippen LogP contribution in [0.15, 0.2) is 23.1 Å². The highest BCUT2D eigenvalue weighted by Crippen LogP contribution is 2.33. The molecule has 16 heavy (non-hydrogen) atoms. The third kappa shape index (κ3) is 2.31. The number of carboxylic acid groups (broad SMARTS) is 1. The number of aromatic carboxylic acids is 1. The van der Waals surface area contributed by atoms with Crippen LogP contribution < -0.4 is 4.74 Å². The lowest BCUT2D eigenvalue weighted by atomic mass is 10.2. The summed E-state index contributed by atoms with van der Waals surface area (Å²) in [5, 5.41) is 9.40. The quantitative estimate of drug-likeness (QED) is 0.870. The first kappa shape index (κ1) is 11.3. The maximum atomic E-state index is 11.0. The van der Waals surface area contributed by atoms with E-state index in [9.17, 15) is 4.79 Å². The molecular formula is C11H12O4S. The van der Waals surface area contributed by atoms with Gasteiger partial charge in [-0.3, -0.25) is 0 Å². The van der Waals surface area contributed by atoms with E-state index >= 15 is 0 Å². The molecule has 2 rings (SSSR count). The fourth-order valence-corrected chi connectivity index (χ4v) is 2.52. The van der Waals surface area contributed by atoms with Crippen molar-refractivity contribution in [1.29, 1.82) is 0 Å². The van der Waals surface area contributed by atoms with Crippen LogP contribution in [0.4, 0.5) is 0 Å². The van der Waals surface area contributed by atoms with Crippen molar-refractivity contribution < 1.29 is 19.4 Å².